The Kier molecular flexibility index (Phi) is 7.42. The van der Waals surface area contributed by atoms with Gasteiger partial charge in [-0.1, -0.05) is 48.0 Å². The number of rotatable bonds is 7. The minimum Gasteiger partial charge on any atom is -0.381 e. The van der Waals surface area contributed by atoms with Crippen LogP contribution in [0.3, 0.4) is 0 Å². The van der Waals surface area contributed by atoms with E-state index in [1.807, 2.05) is 60.0 Å². The summed E-state index contributed by atoms with van der Waals surface area (Å²) in [5.41, 5.74) is 2.60. The van der Waals surface area contributed by atoms with Crippen LogP contribution >= 0.6 is 11.6 Å². The van der Waals surface area contributed by atoms with Crippen molar-refractivity contribution in [2.24, 2.45) is 0 Å². The number of carbonyl (C=O) groups excluding carboxylic acids is 1. The molecule has 3 aromatic rings. The van der Waals surface area contributed by atoms with Gasteiger partial charge in [-0.15, -0.1) is 0 Å². The van der Waals surface area contributed by atoms with Crippen molar-refractivity contribution < 1.29 is 9.53 Å². The van der Waals surface area contributed by atoms with Crippen molar-refractivity contribution in [1.82, 2.24) is 14.9 Å². The van der Waals surface area contributed by atoms with Gasteiger partial charge in [-0.05, 0) is 43.0 Å². The monoisotopic (exact) mass is 466 g/mol. The largest absolute Gasteiger partial charge is 0.381 e. The lowest BCUT2D eigenvalue weighted by Crippen LogP contribution is -2.40. The summed E-state index contributed by atoms with van der Waals surface area (Å²) in [6.07, 6.45) is 3.26. The maximum atomic E-state index is 12.8. The summed E-state index contributed by atoms with van der Waals surface area (Å²) in [5.74, 6) is 0.210. The van der Waals surface area contributed by atoms with Gasteiger partial charge in [0, 0.05) is 41.7 Å². The molecular formula is C25H27ClN4O3. The average molecular weight is 467 g/mol. The lowest BCUT2D eigenvalue weighted by Gasteiger charge is -2.23. The van der Waals surface area contributed by atoms with E-state index in [9.17, 15) is 9.59 Å². The second kappa shape index (κ2) is 10.6. The number of hydrogen-bond donors (Lipinski definition) is 2. The van der Waals surface area contributed by atoms with E-state index in [2.05, 4.69) is 15.6 Å². The maximum Gasteiger partial charge on any atom is 0.278 e. The fourth-order valence-corrected chi connectivity index (χ4v) is 3.99. The van der Waals surface area contributed by atoms with E-state index in [0.717, 1.165) is 29.7 Å². The van der Waals surface area contributed by atoms with Gasteiger partial charge in [-0.2, -0.15) is 4.98 Å². The van der Waals surface area contributed by atoms with Crippen molar-refractivity contribution in [2.45, 2.75) is 38.8 Å². The summed E-state index contributed by atoms with van der Waals surface area (Å²) >= 11 is 6.26. The Hall–Kier alpha value is -3.16. The Morgan fingerprint density at radius 1 is 1.15 bits per heavy atom. The van der Waals surface area contributed by atoms with Crippen LogP contribution in [0.4, 0.5) is 11.6 Å². The van der Waals surface area contributed by atoms with E-state index in [0.29, 0.717) is 36.3 Å². The van der Waals surface area contributed by atoms with E-state index in [1.165, 1.54) is 0 Å². The second-order valence-corrected chi connectivity index (χ2v) is 8.58. The molecule has 1 aliphatic heterocycles. The molecule has 8 heteroatoms. The quantitative estimate of drug-likeness (QED) is 0.552. The zero-order chi connectivity index (χ0) is 23.2. The van der Waals surface area contributed by atoms with Crippen LogP contribution in [0.5, 0.6) is 0 Å². The fourth-order valence-electron chi connectivity index (χ4n) is 3.82. The van der Waals surface area contributed by atoms with E-state index < -0.39 is 5.56 Å². The summed E-state index contributed by atoms with van der Waals surface area (Å²) in [5, 5.41) is 6.87. The molecule has 0 saturated carbocycles. The standard InChI is InChI=1S/C25H27ClN4O3/c1-17-21(26)8-5-9-22(17)28-25-29-24(32)19(14-23(31)27-20-10-12-33-13-11-20)16-30(25)15-18-6-3-2-4-7-18/h2-9,16,20H,10-15H2,1H3,(H,27,31)(H,28,29,32). The fraction of sp³-hybridized carbons (Fsp3) is 0.320. The van der Waals surface area contributed by atoms with Crippen molar-refractivity contribution in [3.8, 4) is 0 Å². The van der Waals surface area contributed by atoms with Gasteiger partial charge in [0.15, 0.2) is 0 Å². The molecule has 0 unspecified atom stereocenters. The van der Waals surface area contributed by atoms with Gasteiger partial charge in [0.1, 0.15) is 0 Å². The Morgan fingerprint density at radius 2 is 1.91 bits per heavy atom. The molecule has 1 amide bonds. The first-order valence-corrected chi connectivity index (χ1v) is 11.4. The zero-order valence-electron chi connectivity index (χ0n) is 18.5. The molecule has 1 saturated heterocycles. The van der Waals surface area contributed by atoms with Gasteiger partial charge in [-0.3, -0.25) is 9.59 Å². The molecule has 0 spiro atoms. The Bertz CT molecular complexity index is 1170. The third-order valence-electron chi connectivity index (χ3n) is 5.71. The summed E-state index contributed by atoms with van der Waals surface area (Å²) in [6, 6.07) is 15.5. The number of hydrogen-bond acceptors (Lipinski definition) is 5. The summed E-state index contributed by atoms with van der Waals surface area (Å²) in [4.78, 5) is 29.7. The van der Waals surface area contributed by atoms with Crippen molar-refractivity contribution in [3.05, 3.63) is 86.8 Å². The SMILES string of the molecule is Cc1c(Cl)cccc1Nc1nc(=O)c(CC(=O)NC2CCOCC2)cn1Cc1ccccc1. The molecule has 2 aromatic carbocycles. The van der Waals surface area contributed by atoms with Crippen LogP contribution in [-0.2, 0) is 22.5 Å². The molecule has 0 radical (unpaired) electrons. The van der Waals surface area contributed by atoms with Crippen LogP contribution in [0.1, 0.15) is 29.5 Å². The highest BCUT2D eigenvalue weighted by Gasteiger charge is 2.18. The van der Waals surface area contributed by atoms with Crippen molar-refractivity contribution in [2.75, 3.05) is 18.5 Å². The highest BCUT2D eigenvalue weighted by Crippen LogP contribution is 2.25. The smallest absolute Gasteiger partial charge is 0.278 e. The molecule has 2 N–H and O–H groups in total. The lowest BCUT2D eigenvalue weighted by atomic mass is 10.1. The third-order valence-corrected chi connectivity index (χ3v) is 6.12. The Morgan fingerprint density at radius 3 is 2.67 bits per heavy atom. The van der Waals surface area contributed by atoms with Crippen molar-refractivity contribution in [1.29, 1.82) is 0 Å². The number of benzene rings is 2. The lowest BCUT2D eigenvalue weighted by molar-refractivity contribution is -0.121. The molecule has 172 valence electrons. The molecular weight excluding hydrogens is 440 g/mol. The molecule has 1 aliphatic rings. The van der Waals surface area contributed by atoms with E-state index >= 15 is 0 Å². The van der Waals surface area contributed by atoms with Gasteiger partial charge in [-0.25, -0.2) is 0 Å². The van der Waals surface area contributed by atoms with Crippen molar-refractivity contribution in [3.63, 3.8) is 0 Å². The zero-order valence-corrected chi connectivity index (χ0v) is 19.3. The molecule has 0 bridgehead atoms. The number of carbonyl (C=O) groups is 1. The Balaban J connectivity index is 1.61. The molecule has 2 heterocycles. The number of nitrogens with zero attached hydrogens (tertiary/aromatic N) is 2. The molecule has 0 aliphatic carbocycles. The van der Waals surface area contributed by atoms with E-state index in [1.54, 1.807) is 6.20 Å². The maximum absolute atomic E-state index is 12.8. The van der Waals surface area contributed by atoms with Crippen LogP contribution in [0.15, 0.2) is 59.5 Å². The number of aromatic nitrogens is 2. The molecule has 4 rings (SSSR count). The number of anilines is 2. The van der Waals surface area contributed by atoms with Gasteiger partial charge in [0.2, 0.25) is 11.9 Å². The molecule has 7 nitrogen and oxygen atoms in total. The highest BCUT2D eigenvalue weighted by atomic mass is 35.5. The van der Waals surface area contributed by atoms with Crippen LogP contribution in [0.2, 0.25) is 5.02 Å². The minimum absolute atomic E-state index is 0.0194. The predicted molar refractivity (Wildman–Crippen MR) is 129 cm³/mol. The van der Waals surface area contributed by atoms with Gasteiger partial charge in [0.25, 0.3) is 5.56 Å². The first-order valence-electron chi connectivity index (χ1n) is 11.0. The molecule has 1 fully saturated rings. The van der Waals surface area contributed by atoms with Gasteiger partial charge < -0.3 is 19.9 Å². The first-order chi connectivity index (χ1) is 16.0. The highest BCUT2D eigenvalue weighted by molar-refractivity contribution is 6.31. The van der Waals surface area contributed by atoms with E-state index in [-0.39, 0.29) is 18.4 Å². The second-order valence-electron chi connectivity index (χ2n) is 8.18. The topological polar surface area (TPSA) is 85.2 Å². The number of amides is 1. The number of nitrogens with one attached hydrogen (secondary N) is 2. The summed E-state index contributed by atoms with van der Waals surface area (Å²) < 4.78 is 7.19. The minimum atomic E-state index is -0.427. The third kappa shape index (κ3) is 6.00. The first kappa shape index (κ1) is 23.0. The van der Waals surface area contributed by atoms with Crippen LogP contribution < -0.4 is 16.2 Å². The van der Waals surface area contributed by atoms with Crippen LogP contribution in [0, 0.1) is 6.92 Å². The molecule has 33 heavy (non-hydrogen) atoms. The summed E-state index contributed by atoms with van der Waals surface area (Å²) in [6.45, 7) is 3.67. The molecule has 0 atom stereocenters. The van der Waals surface area contributed by atoms with Crippen molar-refractivity contribution >= 4 is 29.1 Å². The molecule has 1 aromatic heterocycles. The van der Waals surface area contributed by atoms with Gasteiger partial charge in [0.05, 0.1) is 13.0 Å². The normalized spacial score (nSPS) is 14.1. The van der Waals surface area contributed by atoms with Gasteiger partial charge >= 0.3 is 0 Å². The number of halogens is 1. The van der Waals surface area contributed by atoms with E-state index in [4.69, 9.17) is 16.3 Å². The van der Waals surface area contributed by atoms with Crippen LogP contribution in [0.25, 0.3) is 0 Å². The Labute approximate surface area is 197 Å². The average Bonchev–Trinajstić information content (AvgIpc) is 2.81. The van der Waals surface area contributed by atoms with Crippen LogP contribution in [-0.4, -0.2) is 34.7 Å². The number of ether oxygens (including phenoxy) is 1. The summed E-state index contributed by atoms with van der Waals surface area (Å²) in [7, 11) is 0. The predicted octanol–water partition coefficient (Wildman–Crippen LogP) is 3.83.